The van der Waals surface area contributed by atoms with Crippen molar-refractivity contribution >= 4 is 0 Å². The molecular weight excluding hydrogens is 172 g/mol. The van der Waals surface area contributed by atoms with E-state index in [1.54, 1.807) is 0 Å². The average Bonchev–Trinajstić information content (AvgIpc) is 2.35. The van der Waals surface area contributed by atoms with Gasteiger partial charge in [-0.3, -0.25) is 0 Å². The molecule has 2 bridgehead atoms. The summed E-state index contributed by atoms with van der Waals surface area (Å²) >= 11 is 0. The first-order valence-electron chi connectivity index (χ1n) is 5.74. The highest BCUT2D eigenvalue weighted by Crippen LogP contribution is 2.65. The minimum absolute atomic E-state index is 0.353. The molecule has 0 aromatic rings. The molecular formula is C12H24N2. The largest absolute Gasteiger partial charge is 0.326 e. The summed E-state index contributed by atoms with van der Waals surface area (Å²) in [5.41, 5.74) is 7.21. The van der Waals surface area contributed by atoms with Gasteiger partial charge in [0.25, 0.3) is 0 Å². The molecule has 0 unspecified atom stereocenters. The molecule has 0 saturated heterocycles. The van der Waals surface area contributed by atoms with Crippen LogP contribution in [-0.4, -0.2) is 31.1 Å². The van der Waals surface area contributed by atoms with Crippen molar-refractivity contribution in [3.63, 3.8) is 0 Å². The molecule has 0 heterocycles. The molecule has 0 spiro atoms. The highest BCUT2D eigenvalue weighted by Gasteiger charge is 2.65. The predicted octanol–water partition coefficient (Wildman–Crippen LogP) is 1.70. The summed E-state index contributed by atoms with van der Waals surface area (Å²) in [6.07, 6.45) is 2.68. The Kier molecular flexibility index (Phi) is 2.04. The number of nitrogens with two attached hydrogens (primary N) is 1. The van der Waals surface area contributed by atoms with Crippen LogP contribution in [0.1, 0.15) is 33.6 Å². The van der Waals surface area contributed by atoms with Crippen LogP contribution in [0.15, 0.2) is 0 Å². The first-order chi connectivity index (χ1) is 6.32. The van der Waals surface area contributed by atoms with Crippen molar-refractivity contribution in [2.75, 3.05) is 14.1 Å². The summed E-state index contributed by atoms with van der Waals surface area (Å²) in [5, 5.41) is 0. The van der Waals surface area contributed by atoms with E-state index in [0.29, 0.717) is 22.9 Å². The molecule has 0 radical (unpaired) electrons. The van der Waals surface area contributed by atoms with Gasteiger partial charge in [0, 0.05) is 12.1 Å². The van der Waals surface area contributed by atoms with Crippen molar-refractivity contribution in [1.82, 2.24) is 4.90 Å². The van der Waals surface area contributed by atoms with E-state index >= 15 is 0 Å². The quantitative estimate of drug-likeness (QED) is 0.691. The second-order valence-corrected chi connectivity index (χ2v) is 6.26. The van der Waals surface area contributed by atoms with E-state index in [-0.39, 0.29) is 0 Å². The van der Waals surface area contributed by atoms with Crippen LogP contribution < -0.4 is 5.73 Å². The average molecular weight is 196 g/mol. The second kappa shape index (κ2) is 2.73. The van der Waals surface area contributed by atoms with E-state index in [4.69, 9.17) is 5.73 Å². The minimum atomic E-state index is 0.353. The van der Waals surface area contributed by atoms with Crippen LogP contribution in [0.4, 0.5) is 0 Å². The van der Waals surface area contributed by atoms with E-state index in [9.17, 15) is 0 Å². The second-order valence-electron chi connectivity index (χ2n) is 6.26. The van der Waals surface area contributed by atoms with Gasteiger partial charge in [-0.05, 0) is 43.7 Å². The number of hydrogen-bond acceptors (Lipinski definition) is 2. The molecule has 2 nitrogen and oxygen atoms in total. The Balaban J connectivity index is 2.39. The molecule has 2 aliphatic carbocycles. The zero-order chi connectivity index (χ0) is 10.7. The lowest BCUT2D eigenvalue weighted by atomic mass is 9.69. The van der Waals surface area contributed by atoms with E-state index in [0.717, 1.165) is 5.92 Å². The summed E-state index contributed by atoms with van der Waals surface area (Å²) in [7, 11) is 4.34. The molecule has 82 valence electrons. The van der Waals surface area contributed by atoms with Crippen molar-refractivity contribution in [2.45, 2.75) is 45.7 Å². The van der Waals surface area contributed by atoms with Crippen molar-refractivity contribution < 1.29 is 0 Å². The monoisotopic (exact) mass is 196 g/mol. The Morgan fingerprint density at radius 2 is 1.79 bits per heavy atom. The zero-order valence-electron chi connectivity index (χ0n) is 10.2. The first kappa shape index (κ1) is 10.4. The molecule has 14 heavy (non-hydrogen) atoms. The van der Waals surface area contributed by atoms with Crippen LogP contribution in [-0.2, 0) is 0 Å². The highest BCUT2D eigenvalue weighted by atomic mass is 15.2. The van der Waals surface area contributed by atoms with Gasteiger partial charge < -0.3 is 10.6 Å². The normalized spacial score (nSPS) is 50.4. The molecule has 4 atom stereocenters. The summed E-state index contributed by atoms with van der Waals surface area (Å²) in [4.78, 5) is 2.33. The lowest BCUT2D eigenvalue weighted by Crippen LogP contribution is -2.51. The van der Waals surface area contributed by atoms with Crippen molar-refractivity contribution in [3.05, 3.63) is 0 Å². The van der Waals surface area contributed by atoms with Gasteiger partial charge in [0.1, 0.15) is 0 Å². The first-order valence-corrected chi connectivity index (χ1v) is 5.74. The van der Waals surface area contributed by atoms with Gasteiger partial charge in [-0.1, -0.05) is 20.8 Å². The Morgan fingerprint density at radius 1 is 1.21 bits per heavy atom. The van der Waals surface area contributed by atoms with Crippen molar-refractivity contribution in [1.29, 1.82) is 0 Å². The van der Waals surface area contributed by atoms with Gasteiger partial charge >= 0.3 is 0 Å². The Labute approximate surface area is 87.8 Å². The summed E-state index contributed by atoms with van der Waals surface area (Å²) < 4.78 is 0. The number of rotatable bonds is 1. The van der Waals surface area contributed by atoms with Gasteiger partial charge in [0.15, 0.2) is 0 Å². The lowest BCUT2D eigenvalue weighted by molar-refractivity contribution is 0.133. The Morgan fingerprint density at radius 3 is 2.07 bits per heavy atom. The fourth-order valence-electron chi connectivity index (χ4n) is 4.06. The number of fused-ring (bicyclic) bond motifs is 2. The molecule has 2 aliphatic rings. The van der Waals surface area contributed by atoms with Crippen LogP contribution >= 0.6 is 0 Å². The van der Waals surface area contributed by atoms with Gasteiger partial charge in [-0.15, -0.1) is 0 Å². The van der Waals surface area contributed by atoms with Gasteiger partial charge in [0.2, 0.25) is 0 Å². The molecule has 2 heteroatoms. The van der Waals surface area contributed by atoms with Crippen LogP contribution in [0.25, 0.3) is 0 Å². The Bertz CT molecular complexity index is 247. The lowest BCUT2D eigenvalue weighted by Gasteiger charge is -2.39. The maximum atomic E-state index is 6.43. The molecule has 2 saturated carbocycles. The minimum Gasteiger partial charge on any atom is -0.326 e. The van der Waals surface area contributed by atoms with Gasteiger partial charge in [0.05, 0.1) is 0 Å². The summed E-state index contributed by atoms with van der Waals surface area (Å²) in [6.45, 7) is 7.21. The topological polar surface area (TPSA) is 29.3 Å². The maximum Gasteiger partial charge on any atom is 0.0280 e. The molecule has 2 rings (SSSR count). The Hall–Kier alpha value is -0.0800. The molecule has 2 fully saturated rings. The van der Waals surface area contributed by atoms with E-state index in [1.165, 1.54) is 12.8 Å². The fourth-order valence-corrected chi connectivity index (χ4v) is 4.06. The van der Waals surface area contributed by atoms with Crippen LogP contribution in [0, 0.1) is 16.7 Å². The maximum absolute atomic E-state index is 6.43. The van der Waals surface area contributed by atoms with Crippen LogP contribution in [0.5, 0.6) is 0 Å². The SMILES string of the molecule is CN(C)[C@H]1[C@@H](N)[C@@]2(C)CC[C@@H]1C2(C)C. The smallest absolute Gasteiger partial charge is 0.0280 e. The zero-order valence-corrected chi connectivity index (χ0v) is 10.2. The molecule has 0 aromatic carbocycles. The number of nitrogens with zero attached hydrogens (tertiary/aromatic N) is 1. The summed E-state index contributed by atoms with van der Waals surface area (Å²) in [5.74, 6) is 0.789. The van der Waals surface area contributed by atoms with E-state index in [1.807, 2.05) is 0 Å². The third-order valence-electron chi connectivity index (χ3n) is 5.49. The third-order valence-corrected chi connectivity index (χ3v) is 5.49. The van der Waals surface area contributed by atoms with Crippen molar-refractivity contribution in [3.8, 4) is 0 Å². The van der Waals surface area contributed by atoms with Crippen molar-refractivity contribution in [2.24, 2.45) is 22.5 Å². The third kappa shape index (κ3) is 0.938. The van der Waals surface area contributed by atoms with Gasteiger partial charge in [-0.2, -0.15) is 0 Å². The molecule has 0 amide bonds. The van der Waals surface area contributed by atoms with Crippen LogP contribution in [0.3, 0.4) is 0 Å². The summed E-state index contributed by atoms with van der Waals surface area (Å²) in [6, 6.07) is 0.940. The molecule has 0 aliphatic heterocycles. The predicted molar refractivity (Wildman–Crippen MR) is 60.1 cm³/mol. The number of likely N-dealkylation sites (N-methyl/N-ethyl adjacent to an activating group) is 1. The highest BCUT2D eigenvalue weighted by molar-refractivity contribution is 5.18. The number of hydrogen-bond donors (Lipinski definition) is 1. The standard InChI is InChI=1S/C12H24N2/c1-11(2)8-6-7-12(11,3)10(13)9(8)14(4)5/h8-10H,6-7,13H2,1-5H3/t8-,9+,10+,12+/m0/s1. The van der Waals surface area contributed by atoms with Gasteiger partial charge in [-0.25, -0.2) is 0 Å². The molecule has 0 aromatic heterocycles. The molecule has 2 N–H and O–H groups in total. The van der Waals surface area contributed by atoms with E-state index in [2.05, 4.69) is 39.8 Å². The van der Waals surface area contributed by atoms with E-state index < -0.39 is 0 Å². The van der Waals surface area contributed by atoms with Crippen LogP contribution in [0.2, 0.25) is 0 Å². The fraction of sp³-hybridized carbons (Fsp3) is 1.00.